The molecule has 0 atom stereocenters. The first-order valence-electron chi connectivity index (χ1n) is 4.60. The zero-order valence-corrected chi connectivity index (χ0v) is 11.0. The maximum absolute atomic E-state index is 11.9. The van der Waals surface area contributed by atoms with E-state index in [4.69, 9.17) is 5.73 Å². The van der Waals surface area contributed by atoms with Gasteiger partial charge in [0.2, 0.25) is 0 Å². The molecule has 0 radical (unpaired) electrons. The Kier molecular flexibility index (Phi) is 3.07. The lowest BCUT2D eigenvalue weighted by Crippen LogP contribution is -2.12. The fourth-order valence-corrected chi connectivity index (χ4v) is 3.29. The van der Waals surface area contributed by atoms with Gasteiger partial charge in [0, 0.05) is 6.07 Å². The molecule has 2 aromatic heterocycles. The van der Waals surface area contributed by atoms with E-state index in [1.165, 1.54) is 7.05 Å². The summed E-state index contributed by atoms with van der Waals surface area (Å²) in [5, 5.41) is 20.9. The van der Waals surface area contributed by atoms with Crippen molar-refractivity contribution in [2.75, 3.05) is 10.5 Å². The summed E-state index contributed by atoms with van der Waals surface area (Å²) >= 11 is 0.579. The second-order valence-electron chi connectivity index (χ2n) is 3.28. The van der Waals surface area contributed by atoms with Crippen LogP contribution in [0.4, 0.5) is 16.6 Å². The summed E-state index contributed by atoms with van der Waals surface area (Å²) < 4.78 is 25.5. The molecule has 2 aromatic rings. The topological polar surface area (TPSA) is 159 Å². The molecule has 0 saturated carbocycles. The molecule has 3 N–H and O–H groups in total. The van der Waals surface area contributed by atoms with Gasteiger partial charge in [0.1, 0.15) is 4.21 Å². The number of aromatic nitrogens is 4. The molecular weight excluding hydrogens is 298 g/mol. The van der Waals surface area contributed by atoms with Gasteiger partial charge in [-0.05, 0) is 5.21 Å². The zero-order chi connectivity index (χ0) is 14.2. The average molecular weight is 305 g/mol. The van der Waals surface area contributed by atoms with Crippen LogP contribution in [0.2, 0.25) is 0 Å². The summed E-state index contributed by atoms with van der Waals surface area (Å²) in [6, 6.07) is 0.874. The number of hydrogen-bond donors (Lipinski definition) is 2. The van der Waals surface area contributed by atoms with Crippen LogP contribution in [0.3, 0.4) is 0 Å². The fourth-order valence-electron chi connectivity index (χ4n) is 1.14. The number of rotatable bonds is 4. The van der Waals surface area contributed by atoms with Gasteiger partial charge in [-0.15, -0.1) is 5.10 Å². The molecule has 0 fully saturated rings. The van der Waals surface area contributed by atoms with E-state index in [9.17, 15) is 18.5 Å². The number of thiophene rings is 1. The van der Waals surface area contributed by atoms with Crippen molar-refractivity contribution < 1.29 is 13.3 Å². The van der Waals surface area contributed by atoms with E-state index in [1.807, 2.05) is 4.72 Å². The number of tetrazole rings is 1. The van der Waals surface area contributed by atoms with Gasteiger partial charge < -0.3 is 5.73 Å². The molecule has 2 heterocycles. The number of aryl methyl sites for hydroxylation is 1. The van der Waals surface area contributed by atoms with Crippen LogP contribution < -0.4 is 10.5 Å². The molecule has 102 valence electrons. The van der Waals surface area contributed by atoms with E-state index in [2.05, 4.69) is 15.4 Å². The number of nitrogens with one attached hydrogen (secondary N) is 1. The molecule has 0 aromatic carbocycles. The van der Waals surface area contributed by atoms with Crippen LogP contribution in [-0.2, 0) is 17.1 Å². The zero-order valence-electron chi connectivity index (χ0n) is 9.34. The Morgan fingerprint density at radius 3 is 2.74 bits per heavy atom. The molecule has 11 nitrogen and oxygen atoms in total. The second-order valence-corrected chi connectivity index (χ2v) is 6.27. The average Bonchev–Trinajstić information content (AvgIpc) is 2.84. The molecule has 0 bridgehead atoms. The minimum Gasteiger partial charge on any atom is -0.385 e. The van der Waals surface area contributed by atoms with Gasteiger partial charge in [-0.25, -0.2) is 13.1 Å². The summed E-state index contributed by atoms with van der Waals surface area (Å²) in [6.45, 7) is 0. The van der Waals surface area contributed by atoms with Gasteiger partial charge in [0.05, 0.1) is 12.0 Å². The number of anilines is 2. The first-order valence-corrected chi connectivity index (χ1v) is 6.90. The first-order chi connectivity index (χ1) is 8.79. The highest BCUT2D eigenvalue weighted by Crippen LogP contribution is 2.34. The van der Waals surface area contributed by atoms with Crippen molar-refractivity contribution in [2.24, 2.45) is 7.05 Å². The third kappa shape index (κ3) is 2.60. The van der Waals surface area contributed by atoms with Crippen molar-refractivity contribution in [3.8, 4) is 0 Å². The highest BCUT2D eigenvalue weighted by atomic mass is 32.2. The van der Waals surface area contributed by atoms with Crippen molar-refractivity contribution in [1.29, 1.82) is 0 Å². The maximum atomic E-state index is 11.9. The van der Waals surface area contributed by atoms with Gasteiger partial charge in [-0.3, -0.25) is 10.1 Å². The lowest BCUT2D eigenvalue weighted by molar-refractivity contribution is -0.383. The standard InChI is InChI=1S/C6H7N7O4S2/c1-12-9-6(8-11-12)10-19(16,17)4-2-3(13(14)15)5(7)18-4/h2H,7H2,1H3,(H,9,10). The third-order valence-electron chi connectivity index (χ3n) is 1.91. The van der Waals surface area contributed by atoms with Gasteiger partial charge in [0.15, 0.2) is 5.00 Å². The minimum absolute atomic E-state index is 0.197. The molecule has 0 aliphatic rings. The molecule has 0 unspecified atom stereocenters. The van der Waals surface area contributed by atoms with Crippen molar-refractivity contribution in [1.82, 2.24) is 20.2 Å². The highest BCUT2D eigenvalue weighted by Gasteiger charge is 2.25. The minimum atomic E-state index is -4.03. The summed E-state index contributed by atoms with van der Waals surface area (Å²) in [7, 11) is -2.57. The van der Waals surface area contributed by atoms with Gasteiger partial charge in [0.25, 0.3) is 16.0 Å². The lowest BCUT2D eigenvalue weighted by Gasteiger charge is -1.99. The fraction of sp³-hybridized carbons (Fsp3) is 0.167. The number of nitrogen functional groups attached to an aromatic ring is 1. The first kappa shape index (κ1) is 13.2. The van der Waals surface area contributed by atoms with Crippen LogP contribution >= 0.6 is 11.3 Å². The van der Waals surface area contributed by atoms with E-state index in [0.717, 1.165) is 10.9 Å². The van der Waals surface area contributed by atoms with E-state index in [0.29, 0.717) is 11.3 Å². The van der Waals surface area contributed by atoms with E-state index in [-0.39, 0.29) is 15.2 Å². The van der Waals surface area contributed by atoms with Crippen LogP contribution in [0.15, 0.2) is 10.3 Å². The Balaban J connectivity index is 2.34. The van der Waals surface area contributed by atoms with Crippen molar-refractivity contribution in [3.63, 3.8) is 0 Å². The predicted octanol–water partition coefficient (Wildman–Crippen LogP) is -0.437. The van der Waals surface area contributed by atoms with Crippen LogP contribution in [-0.4, -0.2) is 33.5 Å². The molecule has 0 saturated heterocycles. The quantitative estimate of drug-likeness (QED) is 0.568. The second kappa shape index (κ2) is 4.43. The summed E-state index contributed by atoms with van der Waals surface area (Å²) in [6.07, 6.45) is 0. The smallest absolute Gasteiger partial charge is 0.304 e. The molecule has 0 aliphatic heterocycles. The van der Waals surface area contributed by atoms with Crippen molar-refractivity contribution in [2.45, 2.75) is 4.21 Å². The maximum Gasteiger partial charge on any atom is 0.304 e. The third-order valence-corrected chi connectivity index (χ3v) is 4.67. The summed E-state index contributed by atoms with van der Waals surface area (Å²) in [4.78, 5) is 10.9. The van der Waals surface area contributed by atoms with Gasteiger partial charge in [-0.1, -0.05) is 16.4 Å². The van der Waals surface area contributed by atoms with Gasteiger partial charge in [-0.2, -0.15) is 4.80 Å². The number of nitro groups is 1. The monoisotopic (exact) mass is 305 g/mol. The van der Waals surface area contributed by atoms with E-state index in [1.54, 1.807) is 0 Å². The summed E-state index contributed by atoms with van der Waals surface area (Å²) in [5.41, 5.74) is 4.91. The highest BCUT2D eigenvalue weighted by molar-refractivity contribution is 7.94. The normalized spacial score (nSPS) is 11.4. The molecule has 0 spiro atoms. The molecule has 2 rings (SSSR count). The van der Waals surface area contributed by atoms with E-state index >= 15 is 0 Å². The Morgan fingerprint density at radius 1 is 1.58 bits per heavy atom. The Bertz CT molecular complexity index is 733. The van der Waals surface area contributed by atoms with Crippen LogP contribution in [0.25, 0.3) is 0 Å². The number of nitrogens with zero attached hydrogens (tertiary/aromatic N) is 5. The van der Waals surface area contributed by atoms with Crippen LogP contribution in [0.5, 0.6) is 0 Å². The predicted molar refractivity (Wildman–Crippen MR) is 65.0 cm³/mol. The SMILES string of the molecule is Cn1nnc(NS(=O)(=O)c2cc([N+](=O)[O-])c(N)s2)n1. The number of nitrogens with two attached hydrogens (primary N) is 1. The van der Waals surface area contributed by atoms with E-state index < -0.39 is 20.6 Å². The lowest BCUT2D eigenvalue weighted by atomic mass is 10.5. The molecule has 0 aliphatic carbocycles. The molecule has 0 amide bonds. The Labute approximate surface area is 110 Å². The summed E-state index contributed by atoms with van der Waals surface area (Å²) in [5.74, 6) is -0.239. The molecule has 13 heteroatoms. The number of hydrogen-bond acceptors (Lipinski definition) is 9. The Hall–Kier alpha value is -2.28. The van der Waals surface area contributed by atoms with Crippen LogP contribution in [0.1, 0.15) is 0 Å². The molecular formula is C6H7N7O4S2. The van der Waals surface area contributed by atoms with Crippen molar-refractivity contribution in [3.05, 3.63) is 16.2 Å². The Morgan fingerprint density at radius 2 is 2.26 bits per heavy atom. The van der Waals surface area contributed by atoms with Crippen molar-refractivity contribution >= 4 is 38.0 Å². The number of sulfonamides is 1. The van der Waals surface area contributed by atoms with Gasteiger partial charge >= 0.3 is 5.69 Å². The largest absolute Gasteiger partial charge is 0.385 e. The molecule has 19 heavy (non-hydrogen) atoms. The van der Waals surface area contributed by atoms with Crippen LogP contribution in [0, 0.1) is 10.1 Å².